The van der Waals surface area contributed by atoms with Gasteiger partial charge in [-0.25, -0.2) is 0 Å². The number of unbranched alkanes of at least 4 members (excludes halogenated alkanes) is 2. The third-order valence-electron chi connectivity index (χ3n) is 4.75. The Morgan fingerprint density at radius 1 is 1.00 bits per heavy atom. The van der Waals surface area contributed by atoms with Crippen molar-refractivity contribution in [2.75, 3.05) is 0 Å². The molecule has 0 bridgehead atoms. The lowest BCUT2D eigenvalue weighted by Crippen LogP contribution is -2.29. The highest BCUT2D eigenvalue weighted by atomic mass is 16.1. The van der Waals surface area contributed by atoms with E-state index in [0.717, 1.165) is 37.4 Å². The Morgan fingerprint density at radius 3 is 2.30 bits per heavy atom. The normalized spacial score (nSPS) is 14.9. The molecule has 1 aromatic carbocycles. The van der Waals surface area contributed by atoms with E-state index >= 15 is 0 Å². The molecule has 23 heavy (non-hydrogen) atoms. The van der Waals surface area contributed by atoms with E-state index in [9.17, 15) is 9.59 Å². The first-order valence-corrected chi connectivity index (χ1v) is 9.13. The Morgan fingerprint density at radius 2 is 1.74 bits per heavy atom. The zero-order valence-electron chi connectivity index (χ0n) is 14.8. The molecule has 1 aromatic rings. The summed E-state index contributed by atoms with van der Waals surface area (Å²) in [6, 6.07) is 10.1. The smallest absolute Gasteiger partial charge is 0.126 e. The number of benzene rings is 1. The van der Waals surface area contributed by atoms with Crippen LogP contribution in [0, 0.1) is 11.3 Å². The van der Waals surface area contributed by atoms with Crippen LogP contribution >= 0.6 is 0 Å². The molecule has 0 fully saturated rings. The highest BCUT2D eigenvalue weighted by molar-refractivity contribution is 5.67. The maximum absolute atomic E-state index is 11.9. The molecule has 0 saturated carbocycles. The van der Waals surface area contributed by atoms with Gasteiger partial charge in [0, 0.05) is 11.8 Å². The molecule has 0 saturated heterocycles. The van der Waals surface area contributed by atoms with Crippen molar-refractivity contribution in [2.24, 2.45) is 11.3 Å². The third-order valence-corrected chi connectivity index (χ3v) is 4.75. The minimum atomic E-state index is -0.533. The third kappa shape index (κ3) is 7.11. The van der Waals surface area contributed by atoms with E-state index in [1.54, 1.807) is 0 Å². The first kappa shape index (κ1) is 19.6. The van der Waals surface area contributed by atoms with Crippen LogP contribution in [0.15, 0.2) is 30.3 Å². The summed E-state index contributed by atoms with van der Waals surface area (Å²) >= 11 is 0. The molecule has 0 heterocycles. The van der Waals surface area contributed by atoms with Gasteiger partial charge >= 0.3 is 0 Å². The van der Waals surface area contributed by atoms with Gasteiger partial charge in [-0.1, -0.05) is 82.7 Å². The second kappa shape index (κ2) is 11.2. The molecule has 2 atom stereocenters. The van der Waals surface area contributed by atoms with Crippen molar-refractivity contribution in [1.82, 2.24) is 0 Å². The Balaban J connectivity index is 2.84. The monoisotopic (exact) mass is 316 g/mol. The van der Waals surface area contributed by atoms with Crippen LogP contribution in [0.25, 0.3) is 0 Å². The minimum Gasteiger partial charge on any atom is -0.303 e. The van der Waals surface area contributed by atoms with Gasteiger partial charge in [0.1, 0.15) is 12.6 Å². The van der Waals surface area contributed by atoms with Gasteiger partial charge in [0.25, 0.3) is 0 Å². The molecular weight excluding hydrogens is 284 g/mol. The van der Waals surface area contributed by atoms with Crippen LogP contribution < -0.4 is 0 Å². The van der Waals surface area contributed by atoms with Crippen LogP contribution in [-0.4, -0.2) is 12.6 Å². The van der Waals surface area contributed by atoms with Crippen molar-refractivity contribution < 1.29 is 9.59 Å². The average molecular weight is 316 g/mol. The fourth-order valence-electron chi connectivity index (χ4n) is 3.55. The highest BCUT2D eigenvalue weighted by Gasteiger charge is 2.32. The van der Waals surface area contributed by atoms with Crippen LogP contribution in [-0.2, 0) is 16.0 Å². The maximum Gasteiger partial charge on any atom is 0.126 e. The Hall–Kier alpha value is -1.44. The molecule has 0 aliphatic carbocycles. The maximum atomic E-state index is 11.9. The Kier molecular flexibility index (Phi) is 9.51. The summed E-state index contributed by atoms with van der Waals surface area (Å²) in [6.07, 6.45) is 11.0. The second-order valence-corrected chi connectivity index (χ2v) is 6.87. The van der Waals surface area contributed by atoms with Crippen LogP contribution in [0.4, 0.5) is 0 Å². The van der Waals surface area contributed by atoms with Crippen LogP contribution in [0.2, 0.25) is 0 Å². The molecule has 128 valence electrons. The van der Waals surface area contributed by atoms with Gasteiger partial charge in [-0.05, 0) is 24.3 Å². The van der Waals surface area contributed by atoms with Crippen molar-refractivity contribution in [3.8, 4) is 0 Å². The van der Waals surface area contributed by atoms with Gasteiger partial charge in [0.15, 0.2) is 0 Å². The van der Waals surface area contributed by atoms with E-state index in [1.807, 2.05) is 18.2 Å². The van der Waals surface area contributed by atoms with E-state index in [4.69, 9.17) is 0 Å². The minimum absolute atomic E-state index is 0.333. The molecule has 0 radical (unpaired) electrons. The summed E-state index contributed by atoms with van der Waals surface area (Å²) < 4.78 is 0. The first-order chi connectivity index (χ1) is 11.2. The van der Waals surface area contributed by atoms with Crippen molar-refractivity contribution in [3.05, 3.63) is 35.9 Å². The second-order valence-electron chi connectivity index (χ2n) is 6.87. The zero-order valence-corrected chi connectivity index (χ0v) is 14.8. The van der Waals surface area contributed by atoms with E-state index < -0.39 is 5.41 Å². The molecule has 0 aliphatic heterocycles. The van der Waals surface area contributed by atoms with Crippen molar-refractivity contribution in [1.29, 1.82) is 0 Å². The van der Waals surface area contributed by atoms with Gasteiger partial charge in [0.05, 0.1) is 0 Å². The molecule has 2 nitrogen and oxygen atoms in total. The fourth-order valence-corrected chi connectivity index (χ4v) is 3.55. The summed E-state index contributed by atoms with van der Waals surface area (Å²) in [5.41, 5.74) is 0.611. The van der Waals surface area contributed by atoms with Crippen LogP contribution in [0.1, 0.15) is 70.8 Å². The largest absolute Gasteiger partial charge is 0.303 e. The van der Waals surface area contributed by atoms with Crippen molar-refractivity contribution in [2.45, 2.75) is 71.6 Å². The Bertz CT molecular complexity index is 440. The first-order valence-electron chi connectivity index (χ1n) is 9.13. The molecule has 1 rings (SSSR count). The standard InChI is InChI=1S/C21H32O2/c1-3-5-7-11-19(10-4-2)16-21(18-23,14-15-22)17-20-12-8-6-9-13-20/h6,8-9,12-13,15,18-19H,3-5,7,10-11,14,16-17H2,1-2H3. The molecule has 0 spiro atoms. The Labute approximate surface area is 141 Å². The quantitative estimate of drug-likeness (QED) is 0.361. The number of aldehydes is 2. The number of carbonyl (C=O) groups is 2. The van der Waals surface area contributed by atoms with E-state index in [1.165, 1.54) is 25.7 Å². The van der Waals surface area contributed by atoms with Crippen LogP contribution in [0.5, 0.6) is 0 Å². The van der Waals surface area contributed by atoms with Gasteiger partial charge in [-0.15, -0.1) is 0 Å². The molecule has 2 heteroatoms. The molecule has 0 N–H and O–H groups in total. The number of carbonyl (C=O) groups excluding carboxylic acids is 2. The topological polar surface area (TPSA) is 34.1 Å². The molecule has 0 amide bonds. The molecule has 0 aromatic heterocycles. The summed E-state index contributed by atoms with van der Waals surface area (Å²) in [5, 5.41) is 0. The van der Waals surface area contributed by atoms with Crippen molar-refractivity contribution in [3.63, 3.8) is 0 Å². The highest BCUT2D eigenvalue weighted by Crippen LogP contribution is 2.35. The number of hydrogen-bond acceptors (Lipinski definition) is 2. The molecule has 2 unspecified atom stereocenters. The van der Waals surface area contributed by atoms with Gasteiger partial charge in [-0.2, -0.15) is 0 Å². The van der Waals surface area contributed by atoms with Gasteiger partial charge < -0.3 is 9.59 Å². The summed E-state index contributed by atoms with van der Waals surface area (Å²) in [4.78, 5) is 23.1. The van der Waals surface area contributed by atoms with E-state index in [-0.39, 0.29) is 0 Å². The average Bonchev–Trinajstić information content (AvgIpc) is 2.56. The summed E-state index contributed by atoms with van der Waals surface area (Å²) in [5.74, 6) is 0.542. The summed E-state index contributed by atoms with van der Waals surface area (Å²) in [6.45, 7) is 4.42. The van der Waals surface area contributed by atoms with Crippen molar-refractivity contribution >= 4 is 12.6 Å². The SMILES string of the molecule is CCCCCC(CCC)CC(C=O)(CC=O)Cc1ccccc1. The summed E-state index contributed by atoms with van der Waals surface area (Å²) in [7, 11) is 0. The molecular formula is C21H32O2. The zero-order chi connectivity index (χ0) is 17.0. The fraction of sp³-hybridized carbons (Fsp3) is 0.619. The number of hydrogen-bond donors (Lipinski definition) is 0. The lowest BCUT2D eigenvalue weighted by molar-refractivity contribution is -0.122. The lowest BCUT2D eigenvalue weighted by atomic mass is 9.72. The number of rotatable bonds is 13. The lowest BCUT2D eigenvalue weighted by Gasteiger charge is -2.31. The van der Waals surface area contributed by atoms with Crippen LogP contribution in [0.3, 0.4) is 0 Å². The van der Waals surface area contributed by atoms with Gasteiger partial charge in [-0.3, -0.25) is 0 Å². The van der Waals surface area contributed by atoms with E-state index in [0.29, 0.717) is 18.8 Å². The van der Waals surface area contributed by atoms with E-state index in [2.05, 4.69) is 26.0 Å². The predicted molar refractivity (Wildman–Crippen MR) is 96.5 cm³/mol. The van der Waals surface area contributed by atoms with Gasteiger partial charge in [0.2, 0.25) is 0 Å². The molecule has 0 aliphatic rings. The predicted octanol–water partition coefficient (Wildman–Crippen LogP) is 5.39.